The van der Waals surface area contributed by atoms with Crippen molar-refractivity contribution in [2.75, 3.05) is 17.3 Å². The molecule has 2 heterocycles. The van der Waals surface area contributed by atoms with Gasteiger partial charge >= 0.3 is 0 Å². The Bertz CT molecular complexity index is 711. The highest BCUT2D eigenvalue weighted by Crippen LogP contribution is 2.29. The Morgan fingerprint density at radius 1 is 1.25 bits per heavy atom. The van der Waals surface area contributed by atoms with Gasteiger partial charge in [0, 0.05) is 17.6 Å². The largest absolute Gasteiger partial charge is 0.369 e. The maximum absolute atomic E-state index is 11.5. The van der Waals surface area contributed by atoms with Gasteiger partial charge in [-0.15, -0.1) is 11.3 Å². The van der Waals surface area contributed by atoms with E-state index in [0.717, 1.165) is 21.4 Å². The van der Waals surface area contributed by atoms with Crippen LogP contribution in [0, 0.1) is 0 Å². The molecule has 0 fully saturated rings. The minimum absolute atomic E-state index is 0.436. The summed E-state index contributed by atoms with van der Waals surface area (Å²) in [5.41, 5.74) is 1.95. The molecule has 0 saturated carbocycles. The lowest BCUT2D eigenvalue weighted by Crippen LogP contribution is -2.15. The molecular formula is C14H11ClN2O2S. The summed E-state index contributed by atoms with van der Waals surface area (Å²) in [7, 11) is 1.95. The Kier molecular flexibility index (Phi) is 3.23. The number of thiophene rings is 1. The second-order valence-electron chi connectivity index (χ2n) is 4.58. The first-order chi connectivity index (χ1) is 9.54. The number of hydrogen-bond donors (Lipinski definition) is 1. The first kappa shape index (κ1) is 13.1. The number of carbonyl (C=O) groups is 2. The van der Waals surface area contributed by atoms with Gasteiger partial charge in [-0.3, -0.25) is 9.59 Å². The normalized spacial score (nSPS) is 13.3. The summed E-state index contributed by atoms with van der Waals surface area (Å²) in [6.07, 6.45) is 0. The van der Waals surface area contributed by atoms with Gasteiger partial charge in [0.2, 0.25) is 0 Å². The Morgan fingerprint density at radius 2 is 2.05 bits per heavy atom. The van der Waals surface area contributed by atoms with E-state index in [9.17, 15) is 9.59 Å². The molecule has 0 saturated heterocycles. The molecule has 0 spiro atoms. The molecule has 0 aliphatic carbocycles. The second-order valence-corrected chi connectivity index (χ2v) is 6.37. The van der Waals surface area contributed by atoms with Crippen molar-refractivity contribution in [3.8, 4) is 0 Å². The molecule has 0 radical (unpaired) electrons. The van der Waals surface area contributed by atoms with Crippen molar-refractivity contribution in [3.63, 3.8) is 0 Å². The van der Waals surface area contributed by atoms with Crippen LogP contribution >= 0.6 is 22.9 Å². The maximum Gasteiger partial charge on any atom is 0.296 e. The summed E-state index contributed by atoms with van der Waals surface area (Å²) in [6, 6.07) is 9.20. The molecule has 102 valence electrons. The Morgan fingerprint density at radius 3 is 2.75 bits per heavy atom. The van der Waals surface area contributed by atoms with Crippen LogP contribution in [0.25, 0.3) is 0 Å². The van der Waals surface area contributed by atoms with Gasteiger partial charge in [0.25, 0.3) is 11.7 Å². The zero-order chi connectivity index (χ0) is 14.3. The Balaban J connectivity index is 1.83. The average molecular weight is 307 g/mol. The van der Waals surface area contributed by atoms with E-state index in [1.165, 1.54) is 11.3 Å². The molecule has 6 heteroatoms. The van der Waals surface area contributed by atoms with Gasteiger partial charge in [0.1, 0.15) is 0 Å². The third-order valence-electron chi connectivity index (χ3n) is 3.16. The van der Waals surface area contributed by atoms with Crippen LogP contribution in [0.2, 0.25) is 4.34 Å². The minimum atomic E-state index is -0.565. The molecule has 2 aromatic rings. The summed E-state index contributed by atoms with van der Waals surface area (Å²) >= 11 is 7.45. The van der Waals surface area contributed by atoms with Crippen LogP contribution in [0.15, 0.2) is 30.3 Å². The Hall–Kier alpha value is -1.85. The second kappa shape index (κ2) is 4.92. The molecule has 1 amide bonds. The lowest BCUT2D eigenvalue weighted by atomic mass is 10.1. The molecule has 0 unspecified atom stereocenters. The number of halogens is 1. The first-order valence-corrected chi connectivity index (χ1v) is 7.19. The van der Waals surface area contributed by atoms with Gasteiger partial charge in [-0.25, -0.2) is 0 Å². The van der Waals surface area contributed by atoms with Crippen molar-refractivity contribution < 1.29 is 9.59 Å². The standard InChI is InChI=1S/C14H11ClN2O2S/c1-17(7-9-3-5-12(15)20-9)8-2-4-10-11(6-8)16-14(19)13(10)18/h2-6H,7H2,1H3,(H,16,18,19). The lowest BCUT2D eigenvalue weighted by Gasteiger charge is -2.19. The van der Waals surface area contributed by atoms with E-state index in [4.69, 9.17) is 11.6 Å². The van der Waals surface area contributed by atoms with Crippen molar-refractivity contribution in [3.05, 3.63) is 45.1 Å². The predicted molar refractivity (Wildman–Crippen MR) is 80.8 cm³/mol. The number of rotatable bonds is 3. The van der Waals surface area contributed by atoms with Gasteiger partial charge in [0.15, 0.2) is 0 Å². The Labute approximate surface area is 125 Å². The number of anilines is 2. The van der Waals surface area contributed by atoms with Crippen molar-refractivity contribution in [1.82, 2.24) is 0 Å². The molecule has 1 aromatic carbocycles. The predicted octanol–water partition coefficient (Wildman–Crippen LogP) is 3.17. The summed E-state index contributed by atoms with van der Waals surface area (Å²) in [5.74, 6) is -1.04. The van der Waals surface area contributed by atoms with E-state index < -0.39 is 11.7 Å². The fourth-order valence-electron chi connectivity index (χ4n) is 2.13. The van der Waals surface area contributed by atoms with Crippen LogP contribution in [0.5, 0.6) is 0 Å². The number of benzene rings is 1. The highest BCUT2D eigenvalue weighted by atomic mass is 35.5. The third kappa shape index (κ3) is 2.30. The quantitative estimate of drug-likeness (QED) is 0.886. The lowest BCUT2D eigenvalue weighted by molar-refractivity contribution is -0.112. The summed E-state index contributed by atoms with van der Waals surface area (Å²) in [6.45, 7) is 0.720. The smallest absolute Gasteiger partial charge is 0.296 e. The average Bonchev–Trinajstić information content (AvgIpc) is 2.94. The topological polar surface area (TPSA) is 49.4 Å². The number of fused-ring (bicyclic) bond motifs is 1. The first-order valence-electron chi connectivity index (χ1n) is 5.99. The highest BCUT2D eigenvalue weighted by molar-refractivity contribution is 7.16. The minimum Gasteiger partial charge on any atom is -0.369 e. The number of ketones is 1. The molecule has 1 aromatic heterocycles. The van der Waals surface area contributed by atoms with Gasteiger partial charge in [-0.2, -0.15) is 0 Å². The number of hydrogen-bond acceptors (Lipinski definition) is 4. The zero-order valence-corrected chi connectivity index (χ0v) is 12.2. The van der Waals surface area contributed by atoms with Crippen molar-refractivity contribution >= 4 is 46.0 Å². The molecular weight excluding hydrogens is 296 g/mol. The van der Waals surface area contributed by atoms with Crippen LogP contribution < -0.4 is 10.2 Å². The van der Waals surface area contributed by atoms with E-state index in [2.05, 4.69) is 5.32 Å². The van der Waals surface area contributed by atoms with Crippen molar-refractivity contribution in [1.29, 1.82) is 0 Å². The molecule has 0 atom stereocenters. The molecule has 1 N–H and O–H groups in total. The SMILES string of the molecule is CN(Cc1ccc(Cl)s1)c1ccc2c(c1)NC(=O)C2=O. The third-order valence-corrected chi connectivity index (χ3v) is 4.38. The van der Waals surface area contributed by atoms with Crippen LogP contribution in [-0.2, 0) is 11.3 Å². The number of Topliss-reactive ketones (excluding diaryl/α,β-unsaturated/α-hetero) is 1. The van der Waals surface area contributed by atoms with Crippen LogP contribution in [0.3, 0.4) is 0 Å². The fourth-order valence-corrected chi connectivity index (χ4v) is 3.28. The summed E-state index contributed by atoms with van der Waals surface area (Å²) in [5, 5.41) is 2.58. The van der Waals surface area contributed by atoms with Gasteiger partial charge in [-0.05, 0) is 30.3 Å². The number of nitrogens with zero attached hydrogens (tertiary/aromatic N) is 1. The van der Waals surface area contributed by atoms with Crippen LogP contribution in [-0.4, -0.2) is 18.7 Å². The molecule has 0 bridgehead atoms. The van der Waals surface area contributed by atoms with Crippen molar-refractivity contribution in [2.24, 2.45) is 0 Å². The van der Waals surface area contributed by atoms with Gasteiger partial charge < -0.3 is 10.2 Å². The molecule has 20 heavy (non-hydrogen) atoms. The highest BCUT2D eigenvalue weighted by Gasteiger charge is 2.28. The summed E-state index contributed by atoms with van der Waals surface area (Å²) < 4.78 is 0.764. The van der Waals surface area contributed by atoms with Gasteiger partial charge in [0.05, 0.1) is 22.1 Å². The summed E-state index contributed by atoms with van der Waals surface area (Å²) in [4.78, 5) is 26.0. The monoisotopic (exact) mass is 306 g/mol. The molecule has 4 nitrogen and oxygen atoms in total. The van der Waals surface area contributed by atoms with E-state index in [1.807, 2.05) is 36.2 Å². The van der Waals surface area contributed by atoms with E-state index in [1.54, 1.807) is 6.07 Å². The van der Waals surface area contributed by atoms with Crippen molar-refractivity contribution in [2.45, 2.75) is 6.54 Å². The van der Waals surface area contributed by atoms with Gasteiger partial charge in [-0.1, -0.05) is 11.6 Å². The van der Waals surface area contributed by atoms with E-state index in [0.29, 0.717) is 11.3 Å². The molecule has 3 rings (SSSR count). The fraction of sp³-hybridized carbons (Fsp3) is 0.143. The molecule has 1 aliphatic heterocycles. The van der Waals surface area contributed by atoms with Crippen LogP contribution in [0.4, 0.5) is 11.4 Å². The number of amides is 1. The molecule has 1 aliphatic rings. The van der Waals surface area contributed by atoms with Crippen LogP contribution in [0.1, 0.15) is 15.2 Å². The van der Waals surface area contributed by atoms with E-state index in [-0.39, 0.29) is 0 Å². The van der Waals surface area contributed by atoms with E-state index >= 15 is 0 Å². The zero-order valence-electron chi connectivity index (χ0n) is 10.6. The number of carbonyl (C=O) groups excluding carboxylic acids is 2. The number of nitrogens with one attached hydrogen (secondary N) is 1. The maximum atomic E-state index is 11.5.